The number of hydrogen-bond acceptors (Lipinski definition) is 4. The number of phenolic OH excluding ortho intramolecular Hbond substituents is 1. The fourth-order valence-corrected chi connectivity index (χ4v) is 6.04. The molecule has 144 valence electrons. The second-order valence-electron chi connectivity index (χ2n) is 7.46. The number of amides is 1. The Hall–Kier alpha value is -1.60. The summed E-state index contributed by atoms with van der Waals surface area (Å²) in [7, 11) is -3.63. The van der Waals surface area contributed by atoms with E-state index in [2.05, 4.69) is 5.32 Å². The van der Waals surface area contributed by atoms with Gasteiger partial charge in [-0.3, -0.25) is 4.79 Å². The van der Waals surface area contributed by atoms with E-state index < -0.39 is 10.0 Å². The van der Waals surface area contributed by atoms with Crippen LogP contribution in [0.25, 0.3) is 0 Å². The molecule has 3 atom stereocenters. The fraction of sp³-hybridized carbons (Fsp3) is 0.632. The number of rotatable bonds is 7. The van der Waals surface area contributed by atoms with E-state index in [1.807, 2.05) is 0 Å². The number of benzene rings is 1. The first-order chi connectivity index (χ1) is 12.3. The summed E-state index contributed by atoms with van der Waals surface area (Å²) in [5.41, 5.74) is 0.159. The third kappa shape index (κ3) is 3.74. The Morgan fingerprint density at radius 3 is 2.54 bits per heavy atom. The monoisotopic (exact) mass is 380 g/mol. The molecule has 0 unspecified atom stereocenters. The first kappa shape index (κ1) is 19.2. The van der Waals surface area contributed by atoms with Gasteiger partial charge in [-0.2, -0.15) is 4.31 Å². The standard InChI is InChI=1S/C19H28N2O4S/c1-3-21(4-2)26(24,25)16-7-8-18(22)17(12-16)20-19(23)11-15-10-13-5-6-14(15)9-13/h7-8,12-15,22H,3-6,9-11H2,1-2H3,(H,20,23)/t13-,14-,15-/m0/s1. The first-order valence-electron chi connectivity index (χ1n) is 9.48. The van der Waals surface area contributed by atoms with E-state index in [4.69, 9.17) is 0 Å². The van der Waals surface area contributed by atoms with E-state index in [0.29, 0.717) is 31.3 Å². The highest BCUT2D eigenvalue weighted by atomic mass is 32.2. The van der Waals surface area contributed by atoms with Gasteiger partial charge in [0, 0.05) is 19.5 Å². The van der Waals surface area contributed by atoms with Crippen LogP contribution in [0.2, 0.25) is 0 Å². The lowest BCUT2D eigenvalue weighted by Crippen LogP contribution is -2.30. The molecular formula is C19H28N2O4S. The number of carbonyl (C=O) groups excluding carboxylic acids is 1. The molecule has 1 aromatic carbocycles. The Balaban J connectivity index is 1.72. The number of carbonyl (C=O) groups is 1. The Morgan fingerprint density at radius 1 is 1.23 bits per heavy atom. The molecule has 2 fully saturated rings. The van der Waals surface area contributed by atoms with Gasteiger partial charge in [0.25, 0.3) is 0 Å². The zero-order chi connectivity index (χ0) is 18.9. The summed E-state index contributed by atoms with van der Waals surface area (Å²) >= 11 is 0. The zero-order valence-electron chi connectivity index (χ0n) is 15.4. The molecule has 0 spiro atoms. The number of aromatic hydroxyl groups is 1. The summed E-state index contributed by atoms with van der Waals surface area (Å²) in [6.45, 7) is 4.29. The van der Waals surface area contributed by atoms with Crippen molar-refractivity contribution in [3.8, 4) is 5.75 Å². The van der Waals surface area contributed by atoms with Crippen molar-refractivity contribution in [1.82, 2.24) is 4.31 Å². The van der Waals surface area contributed by atoms with Gasteiger partial charge in [-0.25, -0.2) is 8.42 Å². The van der Waals surface area contributed by atoms with Crippen LogP contribution in [0, 0.1) is 17.8 Å². The van der Waals surface area contributed by atoms with Gasteiger partial charge in [0.1, 0.15) is 5.75 Å². The predicted molar refractivity (Wildman–Crippen MR) is 100 cm³/mol. The first-order valence-corrected chi connectivity index (χ1v) is 10.9. The van der Waals surface area contributed by atoms with Crippen LogP contribution in [0.5, 0.6) is 5.75 Å². The SMILES string of the molecule is CCN(CC)S(=O)(=O)c1ccc(O)c(NC(=O)C[C@@H]2C[C@H]3CC[C@H]2C3)c1. The Kier molecular flexibility index (Phi) is 5.58. The summed E-state index contributed by atoms with van der Waals surface area (Å²) in [5, 5.41) is 12.8. The topological polar surface area (TPSA) is 86.7 Å². The maximum atomic E-state index is 12.6. The molecule has 6 nitrogen and oxygen atoms in total. The molecule has 0 aliphatic heterocycles. The van der Waals surface area contributed by atoms with Gasteiger partial charge in [0.2, 0.25) is 15.9 Å². The van der Waals surface area contributed by atoms with E-state index in [-0.39, 0.29) is 22.2 Å². The minimum atomic E-state index is -3.63. The molecular weight excluding hydrogens is 352 g/mol. The van der Waals surface area contributed by atoms with Gasteiger partial charge >= 0.3 is 0 Å². The molecule has 0 saturated heterocycles. The smallest absolute Gasteiger partial charge is 0.243 e. The van der Waals surface area contributed by atoms with Gasteiger partial charge < -0.3 is 10.4 Å². The van der Waals surface area contributed by atoms with Crippen molar-refractivity contribution in [3.63, 3.8) is 0 Å². The van der Waals surface area contributed by atoms with Crippen molar-refractivity contribution in [2.24, 2.45) is 17.8 Å². The Labute approximate surface area is 155 Å². The molecule has 2 saturated carbocycles. The van der Waals surface area contributed by atoms with Crippen LogP contribution in [0.3, 0.4) is 0 Å². The van der Waals surface area contributed by atoms with Crippen LogP contribution < -0.4 is 5.32 Å². The van der Waals surface area contributed by atoms with Gasteiger partial charge in [-0.1, -0.05) is 20.3 Å². The van der Waals surface area contributed by atoms with Crippen molar-refractivity contribution in [2.45, 2.75) is 50.8 Å². The van der Waals surface area contributed by atoms with Crippen molar-refractivity contribution in [3.05, 3.63) is 18.2 Å². The van der Waals surface area contributed by atoms with Crippen molar-refractivity contribution >= 4 is 21.6 Å². The Bertz CT molecular complexity index is 774. The number of nitrogens with one attached hydrogen (secondary N) is 1. The van der Waals surface area contributed by atoms with Gasteiger partial charge in [0.05, 0.1) is 10.6 Å². The maximum Gasteiger partial charge on any atom is 0.243 e. The summed E-state index contributed by atoms with van der Waals surface area (Å²) in [6, 6.07) is 4.04. The second kappa shape index (κ2) is 7.56. The Morgan fingerprint density at radius 2 is 1.96 bits per heavy atom. The van der Waals surface area contributed by atoms with Crippen molar-refractivity contribution < 1.29 is 18.3 Å². The minimum absolute atomic E-state index is 0.0780. The van der Waals surface area contributed by atoms with Crippen LogP contribution in [0.1, 0.15) is 46.0 Å². The average Bonchev–Trinajstić information content (AvgIpc) is 3.20. The number of anilines is 1. The number of sulfonamides is 1. The highest BCUT2D eigenvalue weighted by Crippen LogP contribution is 2.49. The van der Waals surface area contributed by atoms with E-state index in [1.54, 1.807) is 13.8 Å². The maximum absolute atomic E-state index is 12.6. The van der Waals surface area contributed by atoms with E-state index in [9.17, 15) is 18.3 Å². The van der Waals surface area contributed by atoms with E-state index in [0.717, 1.165) is 12.3 Å². The molecule has 1 amide bonds. The summed E-state index contributed by atoms with van der Waals surface area (Å²) in [4.78, 5) is 12.5. The summed E-state index contributed by atoms with van der Waals surface area (Å²) in [5.74, 6) is 1.56. The number of hydrogen-bond donors (Lipinski definition) is 2. The highest BCUT2D eigenvalue weighted by molar-refractivity contribution is 7.89. The van der Waals surface area contributed by atoms with Crippen molar-refractivity contribution in [1.29, 1.82) is 0 Å². The zero-order valence-corrected chi connectivity index (χ0v) is 16.3. The molecule has 1 aromatic rings. The predicted octanol–water partition coefficient (Wildman–Crippen LogP) is 3.19. The van der Waals surface area contributed by atoms with E-state index in [1.165, 1.54) is 41.8 Å². The number of phenols is 1. The molecule has 2 bridgehead atoms. The van der Waals surface area contributed by atoms with Crippen LogP contribution in [0.15, 0.2) is 23.1 Å². The molecule has 2 aliphatic rings. The lowest BCUT2D eigenvalue weighted by molar-refractivity contribution is -0.117. The molecule has 0 aromatic heterocycles. The minimum Gasteiger partial charge on any atom is -0.506 e. The molecule has 26 heavy (non-hydrogen) atoms. The molecule has 0 heterocycles. The lowest BCUT2D eigenvalue weighted by atomic mass is 9.86. The number of fused-ring (bicyclic) bond motifs is 2. The molecule has 7 heteroatoms. The molecule has 2 aliphatic carbocycles. The van der Waals surface area contributed by atoms with Crippen LogP contribution in [0.4, 0.5) is 5.69 Å². The van der Waals surface area contributed by atoms with Crippen molar-refractivity contribution in [2.75, 3.05) is 18.4 Å². The summed E-state index contributed by atoms with van der Waals surface area (Å²) in [6.07, 6.45) is 5.29. The summed E-state index contributed by atoms with van der Waals surface area (Å²) < 4.78 is 26.6. The quantitative estimate of drug-likeness (QED) is 0.711. The van der Waals surface area contributed by atoms with Crippen LogP contribution >= 0.6 is 0 Å². The normalized spacial score (nSPS) is 25.0. The van der Waals surface area contributed by atoms with Crippen LogP contribution in [-0.4, -0.2) is 36.8 Å². The molecule has 0 radical (unpaired) electrons. The third-order valence-electron chi connectivity index (χ3n) is 5.92. The average molecular weight is 381 g/mol. The van der Waals surface area contributed by atoms with Crippen LogP contribution in [-0.2, 0) is 14.8 Å². The van der Waals surface area contributed by atoms with Gasteiger partial charge in [-0.05, 0) is 55.2 Å². The highest BCUT2D eigenvalue weighted by Gasteiger charge is 2.40. The van der Waals surface area contributed by atoms with Gasteiger partial charge in [0.15, 0.2) is 0 Å². The third-order valence-corrected chi connectivity index (χ3v) is 7.96. The fourth-order valence-electron chi connectivity index (χ4n) is 4.55. The van der Waals surface area contributed by atoms with Gasteiger partial charge in [-0.15, -0.1) is 0 Å². The van der Waals surface area contributed by atoms with E-state index >= 15 is 0 Å². The lowest BCUT2D eigenvalue weighted by Gasteiger charge is -2.21. The molecule has 2 N–H and O–H groups in total. The largest absolute Gasteiger partial charge is 0.506 e. The molecule has 3 rings (SSSR count). The second-order valence-corrected chi connectivity index (χ2v) is 9.39. The number of nitrogens with zero attached hydrogens (tertiary/aromatic N) is 1.